The number of piperidine rings is 1. The number of nitrogens with zero attached hydrogens (tertiary/aromatic N) is 1. The summed E-state index contributed by atoms with van der Waals surface area (Å²) in [6.07, 6.45) is 9.39. The van der Waals surface area contributed by atoms with Gasteiger partial charge in [-0.1, -0.05) is 6.92 Å². The average molecular weight is 453 g/mol. The first-order valence-electron chi connectivity index (χ1n) is 10.2. The van der Waals surface area contributed by atoms with Gasteiger partial charge in [-0.15, -0.1) is 0 Å². The molecule has 2 saturated heterocycles. The molecule has 3 fully saturated rings. The van der Waals surface area contributed by atoms with Crippen molar-refractivity contribution in [1.82, 2.24) is 10.2 Å². The van der Waals surface area contributed by atoms with Gasteiger partial charge in [0.05, 0.1) is 0 Å². The molecule has 2 aliphatic heterocycles. The Labute approximate surface area is 192 Å². The Morgan fingerprint density at radius 1 is 0.889 bits per heavy atom. The van der Waals surface area contributed by atoms with E-state index in [1.165, 1.54) is 38.8 Å². The molecule has 3 aliphatic rings. The predicted molar refractivity (Wildman–Crippen MR) is 108 cm³/mol. The normalized spacial score (nSPS) is 28.5. The van der Waals surface area contributed by atoms with Gasteiger partial charge in [0.1, 0.15) is 5.78 Å². The van der Waals surface area contributed by atoms with E-state index in [9.17, 15) is 9.59 Å². The summed E-state index contributed by atoms with van der Waals surface area (Å²) in [6.45, 7) is 6.24. The van der Waals surface area contributed by atoms with Crippen molar-refractivity contribution in [3.8, 4) is 0 Å². The average Bonchev–Trinajstić information content (AvgIpc) is 3.14. The molecule has 1 amide bonds. The van der Waals surface area contributed by atoms with Gasteiger partial charge in [-0.3, -0.25) is 9.59 Å². The Morgan fingerprint density at radius 2 is 1.48 bits per heavy atom. The van der Waals surface area contributed by atoms with Gasteiger partial charge in [-0.2, -0.15) is 0 Å². The second kappa shape index (κ2) is 13.4. The van der Waals surface area contributed by atoms with E-state index in [2.05, 4.69) is 10.2 Å². The van der Waals surface area contributed by atoms with E-state index >= 15 is 0 Å². The van der Waals surface area contributed by atoms with E-state index in [0.29, 0.717) is 18.1 Å². The summed E-state index contributed by atoms with van der Waals surface area (Å²) in [4.78, 5) is 26.7. The number of carbonyl (C=O) groups is 2. The van der Waals surface area contributed by atoms with E-state index in [4.69, 9.17) is 0 Å². The van der Waals surface area contributed by atoms with Crippen molar-refractivity contribution in [2.75, 3.05) is 26.2 Å². The maximum Gasteiger partial charge on any atom is 0.225 e. The number of likely N-dealkylation sites (tertiary alicyclic amines) is 1. The maximum atomic E-state index is 12.8. The third-order valence-electron chi connectivity index (χ3n) is 6.64. The van der Waals surface area contributed by atoms with Crippen molar-refractivity contribution < 1.29 is 42.3 Å². The van der Waals surface area contributed by atoms with Gasteiger partial charge in [0, 0.05) is 64.1 Å². The van der Waals surface area contributed by atoms with E-state index in [-0.39, 0.29) is 59.4 Å². The van der Waals surface area contributed by atoms with Crippen molar-refractivity contribution in [1.29, 1.82) is 0 Å². The molecule has 155 valence electrons. The summed E-state index contributed by atoms with van der Waals surface area (Å²) in [5, 5.41) is 3.46. The Balaban J connectivity index is 0.00000225. The van der Waals surface area contributed by atoms with Gasteiger partial charge < -0.3 is 25.1 Å². The Kier molecular flexibility index (Phi) is 13.5. The molecule has 3 rings (SSSR count). The van der Waals surface area contributed by atoms with Gasteiger partial charge in [0.15, 0.2) is 0 Å². The van der Waals surface area contributed by atoms with Crippen LogP contribution in [0.2, 0.25) is 0 Å². The minimum Gasteiger partial charge on any atom is -0.358 e. The number of hydrogen-bond donors (Lipinski definition) is 1. The Bertz CT molecular complexity index is 436. The van der Waals surface area contributed by atoms with Crippen LogP contribution >= 0.6 is 0 Å². The monoisotopic (exact) mass is 453 g/mol. The molecule has 0 aromatic heterocycles. The zero-order valence-electron chi connectivity index (χ0n) is 17.8. The molecule has 2 heterocycles. The predicted octanol–water partition coefficient (Wildman–Crippen LogP) is 3.91. The fourth-order valence-corrected chi connectivity index (χ4v) is 4.99. The third kappa shape index (κ3) is 7.51. The first-order valence-corrected chi connectivity index (χ1v) is 10.2. The van der Waals surface area contributed by atoms with Gasteiger partial charge >= 0.3 is 0 Å². The van der Waals surface area contributed by atoms with Gasteiger partial charge in [-0.25, -0.2) is 0 Å². The molecular formula is C22H40N2O2Y-2. The minimum absolute atomic E-state index is 0. The smallest absolute Gasteiger partial charge is 0.225 e. The van der Waals surface area contributed by atoms with Crippen LogP contribution in [0.4, 0.5) is 0 Å². The second-order valence-corrected chi connectivity index (χ2v) is 8.23. The SMILES string of the molecule is CCC(=O)C1CCC(C(=O)N2CCC(CC3CCNC3)CC2)CC1.[CH3-].[CH3-].[Y]. The first-order chi connectivity index (χ1) is 11.7. The van der Waals surface area contributed by atoms with Crippen LogP contribution in [0.5, 0.6) is 0 Å². The number of amides is 1. The standard InChI is InChI=1S/C20H34N2O2.2CH3.Y/c1-2-19(23)17-3-5-18(6-4-17)20(24)22-11-8-15(9-12-22)13-16-7-10-21-14-16;;;/h15-18,21H,2-14H2,1H3;2*1H3;/q;2*-1;. The van der Waals surface area contributed by atoms with Gasteiger partial charge in [0.2, 0.25) is 5.91 Å². The minimum atomic E-state index is 0. The third-order valence-corrected chi connectivity index (χ3v) is 6.64. The van der Waals surface area contributed by atoms with Crippen LogP contribution in [0.1, 0.15) is 64.7 Å². The Hall–Kier alpha value is 0.204. The summed E-state index contributed by atoms with van der Waals surface area (Å²) in [7, 11) is 0. The summed E-state index contributed by atoms with van der Waals surface area (Å²) >= 11 is 0. The zero-order chi connectivity index (χ0) is 16.9. The van der Waals surface area contributed by atoms with Crippen molar-refractivity contribution in [3.05, 3.63) is 14.9 Å². The van der Waals surface area contributed by atoms with E-state index in [1.807, 2.05) is 6.92 Å². The topological polar surface area (TPSA) is 49.4 Å². The van der Waals surface area contributed by atoms with Gasteiger partial charge in [-0.05, 0) is 76.3 Å². The molecule has 1 atom stereocenters. The molecule has 0 bridgehead atoms. The van der Waals surface area contributed by atoms with Crippen molar-refractivity contribution in [2.24, 2.45) is 23.7 Å². The fraction of sp³-hybridized carbons (Fsp3) is 0.818. The van der Waals surface area contributed by atoms with Crippen LogP contribution in [-0.2, 0) is 42.3 Å². The molecule has 1 aliphatic carbocycles. The largest absolute Gasteiger partial charge is 0.358 e. The number of Topliss-reactive ketones (excluding diaryl/α,β-unsaturated/α-hetero) is 1. The van der Waals surface area contributed by atoms with Crippen LogP contribution in [0.25, 0.3) is 0 Å². The summed E-state index contributed by atoms with van der Waals surface area (Å²) in [5.41, 5.74) is 0. The number of nitrogens with one attached hydrogen (secondary N) is 1. The number of rotatable bonds is 5. The van der Waals surface area contributed by atoms with Crippen molar-refractivity contribution in [3.63, 3.8) is 0 Å². The van der Waals surface area contributed by atoms with Crippen molar-refractivity contribution in [2.45, 2.75) is 64.7 Å². The zero-order valence-corrected chi connectivity index (χ0v) is 20.7. The van der Waals surface area contributed by atoms with Crippen molar-refractivity contribution >= 4 is 11.7 Å². The van der Waals surface area contributed by atoms with E-state index in [1.54, 1.807) is 0 Å². The first kappa shape index (κ1) is 27.2. The van der Waals surface area contributed by atoms with Crippen LogP contribution in [0.3, 0.4) is 0 Å². The van der Waals surface area contributed by atoms with Crippen LogP contribution in [0.15, 0.2) is 0 Å². The summed E-state index contributed by atoms with van der Waals surface area (Å²) < 4.78 is 0. The fourth-order valence-electron chi connectivity index (χ4n) is 4.99. The number of ketones is 1. The second-order valence-electron chi connectivity index (χ2n) is 8.23. The quantitative estimate of drug-likeness (QED) is 0.643. The van der Waals surface area contributed by atoms with Gasteiger partial charge in [0.25, 0.3) is 0 Å². The Morgan fingerprint density at radius 3 is 2.00 bits per heavy atom. The molecule has 1 radical (unpaired) electrons. The molecule has 0 spiro atoms. The van der Waals surface area contributed by atoms with E-state index < -0.39 is 0 Å². The van der Waals surface area contributed by atoms with Crippen LogP contribution in [-0.4, -0.2) is 42.8 Å². The van der Waals surface area contributed by atoms with Crippen LogP contribution < -0.4 is 5.32 Å². The molecule has 1 saturated carbocycles. The molecule has 27 heavy (non-hydrogen) atoms. The molecule has 0 aromatic carbocycles. The molecule has 1 unspecified atom stereocenters. The maximum absolute atomic E-state index is 12.8. The number of carbonyl (C=O) groups excluding carboxylic acids is 2. The number of hydrogen-bond acceptors (Lipinski definition) is 3. The summed E-state index contributed by atoms with van der Waals surface area (Å²) in [5.74, 6) is 2.85. The molecule has 4 nitrogen and oxygen atoms in total. The molecule has 0 aromatic rings. The molecule has 1 N–H and O–H groups in total. The van der Waals surface area contributed by atoms with Crippen LogP contribution in [0, 0.1) is 38.5 Å². The van der Waals surface area contributed by atoms with E-state index in [0.717, 1.165) is 50.6 Å². The molecule has 5 heteroatoms. The summed E-state index contributed by atoms with van der Waals surface area (Å²) in [6, 6.07) is 0. The molecular weight excluding hydrogens is 413 g/mol.